The molecule has 3 rings (SSSR count). The number of hydrogen-bond donors (Lipinski definition) is 1. The quantitative estimate of drug-likeness (QED) is 0.904. The molecular formula is C15H19ClFN3S. The Morgan fingerprint density at radius 1 is 1.38 bits per heavy atom. The number of aromatic nitrogens is 2. The number of thioether (sulfide) groups is 1. The predicted molar refractivity (Wildman–Crippen MR) is 88.4 cm³/mol. The summed E-state index contributed by atoms with van der Waals surface area (Å²) in [6.07, 6.45) is 8.34. The Bertz CT molecular complexity index is 664. The van der Waals surface area contributed by atoms with Crippen molar-refractivity contribution < 1.29 is 4.39 Å². The van der Waals surface area contributed by atoms with Crippen LogP contribution in [0.4, 0.5) is 10.3 Å². The maximum absolute atomic E-state index is 13.6. The molecule has 3 nitrogen and oxygen atoms in total. The number of hydrogen-bond acceptors (Lipinski definition) is 3. The molecule has 21 heavy (non-hydrogen) atoms. The normalized spacial score (nSPS) is 18.2. The second-order valence-electron chi connectivity index (χ2n) is 5.76. The van der Waals surface area contributed by atoms with Crippen LogP contribution in [-0.2, 0) is 6.54 Å². The van der Waals surface area contributed by atoms with Gasteiger partial charge in [0.1, 0.15) is 5.82 Å². The van der Waals surface area contributed by atoms with Gasteiger partial charge < -0.3 is 10.3 Å². The van der Waals surface area contributed by atoms with E-state index in [0.29, 0.717) is 11.5 Å². The van der Waals surface area contributed by atoms with Crippen molar-refractivity contribution in [2.45, 2.75) is 43.4 Å². The molecule has 0 bridgehead atoms. The highest BCUT2D eigenvalue weighted by molar-refractivity contribution is 8.00. The largest absolute Gasteiger partial charge is 0.369 e. The fourth-order valence-electron chi connectivity index (χ4n) is 3.22. The van der Waals surface area contributed by atoms with Gasteiger partial charge in [0.25, 0.3) is 0 Å². The zero-order chi connectivity index (χ0) is 15.0. The summed E-state index contributed by atoms with van der Waals surface area (Å²) >= 11 is 7.82. The minimum Gasteiger partial charge on any atom is -0.369 e. The van der Waals surface area contributed by atoms with Crippen molar-refractivity contribution in [1.82, 2.24) is 9.55 Å². The molecule has 0 radical (unpaired) electrons. The number of nitrogens with zero attached hydrogens (tertiary/aromatic N) is 2. The summed E-state index contributed by atoms with van der Waals surface area (Å²) in [6, 6.07) is 2.99. The van der Waals surface area contributed by atoms with Gasteiger partial charge in [0.2, 0.25) is 5.95 Å². The lowest BCUT2D eigenvalue weighted by molar-refractivity contribution is 0.363. The molecule has 0 spiro atoms. The zero-order valence-electron chi connectivity index (χ0n) is 12.0. The van der Waals surface area contributed by atoms with Crippen LogP contribution in [0.5, 0.6) is 0 Å². The number of nitrogens with two attached hydrogens (primary N) is 1. The van der Waals surface area contributed by atoms with E-state index >= 15 is 0 Å². The van der Waals surface area contributed by atoms with Crippen molar-refractivity contribution in [3.05, 3.63) is 23.0 Å². The molecule has 114 valence electrons. The number of fused-ring (bicyclic) bond motifs is 1. The van der Waals surface area contributed by atoms with Crippen molar-refractivity contribution in [1.29, 1.82) is 0 Å². The van der Waals surface area contributed by atoms with Gasteiger partial charge in [-0.25, -0.2) is 9.37 Å². The van der Waals surface area contributed by atoms with Crippen molar-refractivity contribution in [3.63, 3.8) is 0 Å². The summed E-state index contributed by atoms with van der Waals surface area (Å²) in [5.41, 5.74) is 7.45. The average molecular weight is 328 g/mol. The molecule has 1 aliphatic rings. The first-order valence-corrected chi connectivity index (χ1v) is 8.81. The maximum atomic E-state index is 13.6. The number of benzene rings is 1. The second kappa shape index (κ2) is 5.69. The number of imidazole rings is 1. The third-order valence-electron chi connectivity index (χ3n) is 4.46. The van der Waals surface area contributed by atoms with E-state index in [1.165, 1.54) is 38.2 Å². The summed E-state index contributed by atoms with van der Waals surface area (Å²) in [6.45, 7) is 0.804. The fraction of sp³-hybridized carbons (Fsp3) is 0.533. The Labute approximate surface area is 133 Å². The number of anilines is 1. The molecule has 0 aliphatic heterocycles. The highest BCUT2D eigenvalue weighted by Gasteiger charge is 2.32. The van der Waals surface area contributed by atoms with E-state index in [1.54, 1.807) is 6.07 Å². The molecule has 1 saturated carbocycles. The zero-order valence-corrected chi connectivity index (χ0v) is 13.6. The number of nitrogen functional groups attached to an aromatic ring is 1. The topological polar surface area (TPSA) is 43.8 Å². The second-order valence-corrected chi connectivity index (χ2v) is 7.44. The molecule has 2 aromatic rings. The van der Waals surface area contributed by atoms with E-state index in [-0.39, 0.29) is 9.77 Å². The Kier molecular flexibility index (Phi) is 4.06. The van der Waals surface area contributed by atoms with Crippen LogP contribution < -0.4 is 5.73 Å². The Morgan fingerprint density at radius 3 is 2.76 bits per heavy atom. The number of rotatable bonds is 3. The van der Waals surface area contributed by atoms with Crippen molar-refractivity contribution in [3.8, 4) is 0 Å². The molecule has 6 heteroatoms. The Balaban J connectivity index is 2.03. The van der Waals surface area contributed by atoms with E-state index in [1.807, 2.05) is 16.3 Å². The van der Waals surface area contributed by atoms with Crippen LogP contribution >= 0.6 is 23.4 Å². The Hall–Kier alpha value is -0.940. The van der Waals surface area contributed by atoms with Crippen LogP contribution in [0.1, 0.15) is 32.1 Å². The SMILES string of the molecule is CSC1(Cn2c(N)nc3cc(F)c(Cl)cc32)CCCCC1. The summed E-state index contributed by atoms with van der Waals surface area (Å²) in [7, 11) is 0. The van der Waals surface area contributed by atoms with Crippen LogP contribution in [0.15, 0.2) is 12.1 Å². The van der Waals surface area contributed by atoms with E-state index in [4.69, 9.17) is 17.3 Å². The molecular weight excluding hydrogens is 309 g/mol. The van der Waals surface area contributed by atoms with Gasteiger partial charge in [-0.05, 0) is 25.2 Å². The first kappa shape index (κ1) is 15.0. The minimum absolute atomic E-state index is 0.116. The summed E-state index contributed by atoms with van der Waals surface area (Å²) in [5, 5.41) is 0.116. The number of halogens is 2. The van der Waals surface area contributed by atoms with Gasteiger partial charge in [-0.1, -0.05) is 30.9 Å². The molecule has 0 amide bonds. The van der Waals surface area contributed by atoms with Crippen LogP contribution in [0.3, 0.4) is 0 Å². The standard InChI is InChI=1S/C15H19ClFN3S/c1-21-15(5-3-2-4-6-15)9-20-13-7-10(16)11(17)8-12(13)19-14(20)18/h7-8H,2-6,9H2,1H3,(H2,18,19). The van der Waals surface area contributed by atoms with Gasteiger partial charge >= 0.3 is 0 Å². The van der Waals surface area contributed by atoms with E-state index in [0.717, 1.165) is 12.1 Å². The third-order valence-corrected chi connectivity index (χ3v) is 6.16. The monoisotopic (exact) mass is 327 g/mol. The summed E-state index contributed by atoms with van der Waals surface area (Å²) in [5.74, 6) is -0.0169. The van der Waals surface area contributed by atoms with E-state index in [2.05, 4.69) is 11.2 Å². The summed E-state index contributed by atoms with van der Waals surface area (Å²) < 4.78 is 15.7. The van der Waals surface area contributed by atoms with E-state index < -0.39 is 5.82 Å². The average Bonchev–Trinajstić information content (AvgIpc) is 2.76. The Morgan fingerprint density at radius 2 is 2.10 bits per heavy atom. The maximum Gasteiger partial charge on any atom is 0.201 e. The van der Waals surface area contributed by atoms with Crippen LogP contribution in [-0.4, -0.2) is 20.6 Å². The molecule has 0 atom stereocenters. The van der Waals surface area contributed by atoms with Gasteiger partial charge in [0.05, 0.1) is 16.1 Å². The minimum atomic E-state index is -0.453. The lowest BCUT2D eigenvalue weighted by Crippen LogP contribution is -2.33. The van der Waals surface area contributed by atoms with Crippen LogP contribution in [0, 0.1) is 5.82 Å². The van der Waals surface area contributed by atoms with Crippen molar-refractivity contribution in [2.75, 3.05) is 12.0 Å². The van der Waals surface area contributed by atoms with Gasteiger partial charge in [-0.15, -0.1) is 0 Å². The van der Waals surface area contributed by atoms with Gasteiger partial charge in [-0.3, -0.25) is 0 Å². The molecule has 1 fully saturated rings. The first-order valence-electron chi connectivity index (χ1n) is 7.21. The van der Waals surface area contributed by atoms with Crippen molar-refractivity contribution >= 4 is 40.3 Å². The van der Waals surface area contributed by atoms with Gasteiger partial charge in [-0.2, -0.15) is 11.8 Å². The molecule has 0 unspecified atom stereocenters. The third kappa shape index (κ3) is 2.73. The lowest BCUT2D eigenvalue weighted by atomic mass is 9.88. The molecule has 1 aromatic heterocycles. The molecule has 2 N–H and O–H groups in total. The van der Waals surface area contributed by atoms with Crippen LogP contribution in [0.2, 0.25) is 5.02 Å². The predicted octanol–water partition coefficient (Wildman–Crippen LogP) is 4.48. The van der Waals surface area contributed by atoms with Gasteiger partial charge in [0, 0.05) is 17.4 Å². The van der Waals surface area contributed by atoms with Crippen LogP contribution in [0.25, 0.3) is 11.0 Å². The van der Waals surface area contributed by atoms with E-state index in [9.17, 15) is 4.39 Å². The summed E-state index contributed by atoms with van der Waals surface area (Å²) in [4.78, 5) is 4.28. The molecule has 1 aromatic carbocycles. The molecule has 1 heterocycles. The highest BCUT2D eigenvalue weighted by atomic mass is 35.5. The fourth-order valence-corrected chi connectivity index (χ4v) is 4.33. The lowest BCUT2D eigenvalue weighted by Gasteiger charge is -2.36. The highest BCUT2D eigenvalue weighted by Crippen LogP contribution is 2.41. The van der Waals surface area contributed by atoms with Crippen molar-refractivity contribution in [2.24, 2.45) is 0 Å². The van der Waals surface area contributed by atoms with Gasteiger partial charge in [0.15, 0.2) is 0 Å². The first-order chi connectivity index (χ1) is 10.0. The smallest absolute Gasteiger partial charge is 0.201 e. The molecule has 1 aliphatic carbocycles. The molecule has 0 saturated heterocycles.